The van der Waals surface area contributed by atoms with Crippen molar-refractivity contribution in [2.24, 2.45) is 15.0 Å². The van der Waals surface area contributed by atoms with Gasteiger partial charge in [0, 0.05) is 24.7 Å². The van der Waals surface area contributed by atoms with Crippen molar-refractivity contribution in [2.45, 2.75) is 45.6 Å². The van der Waals surface area contributed by atoms with E-state index in [9.17, 15) is 0 Å². The third-order valence-electron chi connectivity index (χ3n) is 9.17. The van der Waals surface area contributed by atoms with E-state index in [0.29, 0.717) is 18.2 Å². The number of nitrogens with zero attached hydrogens (tertiary/aromatic N) is 4. The number of hydrogen-bond donors (Lipinski definition) is 0. The van der Waals surface area contributed by atoms with Crippen molar-refractivity contribution >= 4 is 18.4 Å². The summed E-state index contributed by atoms with van der Waals surface area (Å²) < 4.78 is 0. The molecule has 240 valence electrons. The summed E-state index contributed by atoms with van der Waals surface area (Å²) in [5.74, 6) is 1.22. The molecule has 0 saturated heterocycles. The Morgan fingerprint density at radius 3 is 2.33 bits per heavy atom. The molecule has 4 aromatic carbocycles. The molecule has 48 heavy (non-hydrogen) atoms. The Bertz CT molecular complexity index is 1970. The Labute approximate surface area is 286 Å². The Morgan fingerprint density at radius 2 is 1.62 bits per heavy atom. The monoisotopic (exact) mass is 628 g/mol. The average Bonchev–Trinajstić information content (AvgIpc) is 3.43. The first kappa shape index (κ1) is 32.6. The lowest BCUT2D eigenvalue weighted by molar-refractivity contribution is 0.497. The highest BCUT2D eigenvalue weighted by atomic mass is 15.1. The molecule has 1 aliphatic carbocycles. The van der Waals surface area contributed by atoms with Crippen LogP contribution in [-0.4, -0.2) is 36.9 Å². The van der Waals surface area contributed by atoms with Crippen LogP contribution in [0.1, 0.15) is 60.1 Å². The second-order valence-corrected chi connectivity index (χ2v) is 12.4. The third-order valence-corrected chi connectivity index (χ3v) is 9.17. The van der Waals surface area contributed by atoms with Gasteiger partial charge in [0.1, 0.15) is 0 Å². The van der Waals surface area contributed by atoms with Gasteiger partial charge in [0.25, 0.3) is 0 Å². The van der Waals surface area contributed by atoms with Crippen LogP contribution in [0.4, 0.5) is 0 Å². The third kappa shape index (κ3) is 6.18. The molecule has 4 aromatic rings. The van der Waals surface area contributed by atoms with Gasteiger partial charge in [-0.05, 0) is 77.7 Å². The Balaban J connectivity index is 1.59. The number of aliphatic imine (C=N–C) groups is 3. The molecule has 1 heterocycles. The van der Waals surface area contributed by atoms with Crippen LogP contribution in [0.5, 0.6) is 0 Å². The minimum absolute atomic E-state index is 0.493. The predicted octanol–water partition coefficient (Wildman–Crippen LogP) is 10.0. The summed E-state index contributed by atoms with van der Waals surface area (Å²) in [6.07, 6.45) is 15.1. The van der Waals surface area contributed by atoms with Gasteiger partial charge in [0.2, 0.25) is 0 Å². The van der Waals surface area contributed by atoms with Crippen molar-refractivity contribution in [1.82, 2.24) is 4.90 Å². The molecule has 0 saturated carbocycles. The molecule has 1 unspecified atom stereocenters. The SMILES string of the molecule is C=NC(=NC(=NCc1ccc(C)cc1)C(/C=C\CC)=C/CC)c1cccc2c1-c1ccccc1C2(C1=CCN(C)C=C1)c1ccccc1. The van der Waals surface area contributed by atoms with Gasteiger partial charge in [-0.3, -0.25) is 4.99 Å². The normalized spacial score (nSPS) is 17.8. The van der Waals surface area contributed by atoms with E-state index in [0.717, 1.165) is 41.6 Å². The number of hydrogen-bond acceptors (Lipinski definition) is 2. The quantitative estimate of drug-likeness (QED) is 0.103. The van der Waals surface area contributed by atoms with E-state index >= 15 is 0 Å². The highest BCUT2D eigenvalue weighted by Crippen LogP contribution is 2.57. The fourth-order valence-corrected chi connectivity index (χ4v) is 6.88. The highest BCUT2D eigenvalue weighted by molar-refractivity contribution is 6.16. The summed E-state index contributed by atoms with van der Waals surface area (Å²) in [5.41, 5.74) is 11.1. The van der Waals surface area contributed by atoms with Crippen molar-refractivity contribution in [3.8, 4) is 11.1 Å². The summed E-state index contributed by atoms with van der Waals surface area (Å²) in [7, 11) is 2.11. The van der Waals surface area contributed by atoms with E-state index in [1.165, 1.54) is 33.4 Å². The Morgan fingerprint density at radius 1 is 0.875 bits per heavy atom. The van der Waals surface area contributed by atoms with Crippen LogP contribution < -0.4 is 0 Å². The van der Waals surface area contributed by atoms with E-state index in [1.54, 1.807) is 0 Å². The van der Waals surface area contributed by atoms with E-state index in [1.807, 2.05) is 0 Å². The van der Waals surface area contributed by atoms with Gasteiger partial charge < -0.3 is 4.90 Å². The van der Waals surface area contributed by atoms with Crippen LogP contribution in [0.15, 0.2) is 160 Å². The molecule has 1 atom stereocenters. The minimum atomic E-state index is -0.493. The molecule has 0 aromatic heterocycles. The molecule has 1 aliphatic heterocycles. The van der Waals surface area contributed by atoms with Crippen LogP contribution in [-0.2, 0) is 12.0 Å². The number of amidine groups is 2. The molecule has 4 heteroatoms. The Hall–Kier alpha value is -5.35. The highest BCUT2D eigenvalue weighted by Gasteiger charge is 2.47. The van der Waals surface area contributed by atoms with Gasteiger partial charge in [-0.15, -0.1) is 0 Å². The van der Waals surface area contributed by atoms with Crippen molar-refractivity contribution < 1.29 is 0 Å². The lowest BCUT2D eigenvalue weighted by Gasteiger charge is -2.36. The molecule has 0 bridgehead atoms. The second-order valence-electron chi connectivity index (χ2n) is 12.4. The second kappa shape index (κ2) is 14.6. The largest absolute Gasteiger partial charge is 0.377 e. The van der Waals surface area contributed by atoms with Crippen LogP contribution in [0.2, 0.25) is 0 Å². The lowest BCUT2D eigenvalue weighted by atomic mass is 9.66. The van der Waals surface area contributed by atoms with Gasteiger partial charge in [-0.2, -0.15) is 0 Å². The van der Waals surface area contributed by atoms with Gasteiger partial charge in [0.15, 0.2) is 11.7 Å². The van der Waals surface area contributed by atoms with Crippen LogP contribution in [0, 0.1) is 6.92 Å². The maximum Gasteiger partial charge on any atom is 0.161 e. The minimum Gasteiger partial charge on any atom is -0.377 e. The first-order valence-electron chi connectivity index (χ1n) is 16.9. The molecule has 0 N–H and O–H groups in total. The molecular formula is C44H44N4. The number of likely N-dealkylation sites (N-methyl/N-ethyl adjacent to an activating group) is 1. The van der Waals surface area contributed by atoms with E-state index in [2.05, 4.69) is 178 Å². The van der Waals surface area contributed by atoms with E-state index in [4.69, 9.17) is 9.98 Å². The average molecular weight is 629 g/mol. The van der Waals surface area contributed by atoms with Crippen molar-refractivity contribution in [3.63, 3.8) is 0 Å². The number of rotatable bonds is 9. The summed E-state index contributed by atoms with van der Waals surface area (Å²) >= 11 is 0. The first-order chi connectivity index (χ1) is 23.5. The number of aryl methyl sites for hydroxylation is 1. The number of fused-ring (bicyclic) bond motifs is 3. The van der Waals surface area contributed by atoms with Crippen LogP contribution >= 0.6 is 0 Å². The molecule has 6 rings (SSSR count). The van der Waals surface area contributed by atoms with Crippen molar-refractivity contribution in [1.29, 1.82) is 0 Å². The van der Waals surface area contributed by atoms with Gasteiger partial charge >= 0.3 is 0 Å². The topological polar surface area (TPSA) is 40.3 Å². The van der Waals surface area contributed by atoms with Crippen molar-refractivity contribution in [2.75, 3.05) is 13.6 Å². The van der Waals surface area contributed by atoms with Crippen molar-refractivity contribution in [3.05, 3.63) is 178 Å². The van der Waals surface area contributed by atoms with Gasteiger partial charge in [-0.25, -0.2) is 9.98 Å². The maximum atomic E-state index is 5.25. The predicted molar refractivity (Wildman–Crippen MR) is 204 cm³/mol. The molecule has 0 amide bonds. The molecule has 0 fully saturated rings. The molecule has 2 aliphatic rings. The molecular weight excluding hydrogens is 585 g/mol. The summed E-state index contributed by atoms with van der Waals surface area (Å²) in [6, 6.07) is 34.7. The zero-order valence-corrected chi connectivity index (χ0v) is 28.5. The summed E-state index contributed by atoms with van der Waals surface area (Å²) in [5, 5.41) is 0. The zero-order chi connectivity index (χ0) is 33.5. The first-order valence-corrected chi connectivity index (χ1v) is 16.9. The maximum absolute atomic E-state index is 5.25. The smallest absolute Gasteiger partial charge is 0.161 e. The lowest BCUT2D eigenvalue weighted by Crippen LogP contribution is -2.31. The fraction of sp³-hybridized carbons (Fsp3) is 0.205. The molecule has 0 spiro atoms. The Kier molecular flexibility index (Phi) is 9.91. The number of benzene rings is 4. The van der Waals surface area contributed by atoms with E-state index < -0.39 is 5.41 Å². The van der Waals surface area contributed by atoms with Crippen LogP contribution in [0.3, 0.4) is 0 Å². The summed E-state index contributed by atoms with van der Waals surface area (Å²) in [6.45, 7) is 11.8. The van der Waals surface area contributed by atoms with Gasteiger partial charge in [0.05, 0.1) is 12.0 Å². The number of allylic oxidation sites excluding steroid dienone is 4. The standard InChI is InChI=1S/C44H44N4/c1-6-8-16-34(15-7-2)42(46-31-33-25-23-32(3)24-26-33)47-43(45-4)38-20-14-22-40-41(38)37-19-12-13-21-39(37)44(40,35-17-10-9-11-18-35)36-27-29-48(5)30-28-36/h8-29H,4,6-7,30-31H2,1-3,5H3/b16-8-,34-15+,46-42?,47-43?. The van der Waals surface area contributed by atoms with Gasteiger partial charge in [-0.1, -0.05) is 141 Å². The summed E-state index contributed by atoms with van der Waals surface area (Å²) in [4.78, 5) is 17.2. The van der Waals surface area contributed by atoms with E-state index in [-0.39, 0.29) is 0 Å². The zero-order valence-electron chi connectivity index (χ0n) is 28.5. The van der Waals surface area contributed by atoms with Crippen LogP contribution in [0.25, 0.3) is 11.1 Å². The fourth-order valence-electron chi connectivity index (χ4n) is 6.88. The molecule has 0 radical (unpaired) electrons. The molecule has 4 nitrogen and oxygen atoms in total.